The summed E-state index contributed by atoms with van der Waals surface area (Å²) in [5.74, 6) is -17.1. The van der Waals surface area contributed by atoms with Gasteiger partial charge in [-0.05, 0) is 96.6 Å². The number of oxime groups is 1. The lowest BCUT2D eigenvalue weighted by Crippen LogP contribution is -2.64. The number of nitrogens with two attached hydrogens (primary N) is 2. The average molecular weight is 1450 g/mol. The number of hydrogen-bond donors (Lipinski definition) is 19. The summed E-state index contributed by atoms with van der Waals surface area (Å²) in [5, 5.41) is 140. The quantitative estimate of drug-likeness (QED) is 0.0455. The molecule has 7 aliphatic rings. The Bertz CT molecular complexity index is 4150. The predicted octanol–water partition coefficient (Wildman–Crippen LogP) is 0.348. The monoisotopic (exact) mass is 1450 g/mol. The molecule has 0 radical (unpaired) electrons. The van der Waals surface area contributed by atoms with Gasteiger partial charge in [0.05, 0.1) is 35.3 Å². The van der Waals surface area contributed by atoms with Crippen LogP contribution in [0.4, 0.5) is 0 Å². The minimum absolute atomic E-state index is 0.179. The van der Waals surface area contributed by atoms with Crippen molar-refractivity contribution in [3.8, 4) is 57.1 Å². The molecule has 17 atom stereocenters. The van der Waals surface area contributed by atoms with E-state index >= 15 is 14.4 Å². The van der Waals surface area contributed by atoms with Crippen molar-refractivity contribution in [1.29, 1.82) is 0 Å². The maximum Gasteiger partial charge on any atom is 0.330 e. The number of carboxylic acids is 1. The topological polar surface area (TPSA) is 551 Å². The number of aliphatic hydroxyl groups is 6. The van der Waals surface area contributed by atoms with E-state index in [1.54, 1.807) is 13.8 Å². The lowest BCUT2D eigenvalue weighted by Gasteiger charge is -2.47. The smallest absolute Gasteiger partial charge is 0.330 e. The summed E-state index contributed by atoms with van der Waals surface area (Å²) in [7, 11) is 0. The molecule has 0 aromatic heterocycles. The number of fused-ring (bicyclic) bond motifs is 15. The summed E-state index contributed by atoms with van der Waals surface area (Å²) in [4.78, 5) is 116. The van der Waals surface area contributed by atoms with Gasteiger partial charge in [0.15, 0.2) is 29.9 Å². The number of aliphatic carboxylic acids is 1. The van der Waals surface area contributed by atoms with Crippen LogP contribution in [0.1, 0.15) is 105 Å². The lowest BCUT2D eigenvalue weighted by molar-refractivity contribution is -0.333. The fraction of sp³-hybridized carbons (Fsp3) is 0.400. The van der Waals surface area contributed by atoms with Crippen LogP contribution in [0.2, 0.25) is 10.0 Å². The van der Waals surface area contributed by atoms with Crippen LogP contribution < -0.4 is 57.6 Å². The standard InChI is InChI=1S/C65H71Cl2N9O25/c1-22(2)11-34(76-95)58(88)74-48-50(82)25-6-9-37(31(66)13-25)97-39-15-27-16-40(54(39)101-64-55(53(85)52(84)41(21-77)99-64)100-43-20-65(4,69)56(86)23(3)96-43)98-38-10-7-26(14-32(38)67)51(83)49-62(92)73-47(63(93)94)30-17-28(78)18-36(80)44(30)29-12-24(5-8-35(29)79)45(59(89)75-49)72-60(90)46(27)71-57(87)33(19-42(68)81)70-61(48)91/h5-10,12-18,22-23,33,41,43,45-53,55-56,64,77-80,82-86,95H,11,19-21,69H2,1-4H3,(H2,68,81)(H,70,91)(H,71,87)(H,72,90)(H,73,92)(H,74,88)(H,75,89)(H,93,94)/b76-34-/t23-,33-,41+,43-,45+,46+,47-,48+,49-,50+,51+,52+,53-,55+,56+,64-,65-/m0/s1. The Kier molecular flexibility index (Phi) is 21.9. The molecule has 34 nitrogen and oxygen atoms in total. The molecule has 0 aliphatic carbocycles. The third-order valence-electron chi connectivity index (χ3n) is 17.4. The molecule has 12 rings (SSSR count). The van der Waals surface area contributed by atoms with Crippen LogP contribution in [0.5, 0.6) is 46.0 Å². The number of carboxylic acid groups (broad SMARTS) is 1. The molecule has 7 amide bonds. The van der Waals surface area contributed by atoms with E-state index in [-0.39, 0.29) is 41.2 Å². The van der Waals surface area contributed by atoms with Gasteiger partial charge in [-0.15, -0.1) is 0 Å². The Labute approximate surface area is 582 Å². The van der Waals surface area contributed by atoms with E-state index in [1.807, 2.05) is 0 Å². The summed E-state index contributed by atoms with van der Waals surface area (Å²) in [6.07, 6.45) is -19.2. The van der Waals surface area contributed by atoms with Gasteiger partial charge in [0.2, 0.25) is 47.5 Å². The first-order valence-electron chi connectivity index (χ1n) is 31.2. The largest absolute Gasteiger partial charge is 0.508 e. The lowest BCUT2D eigenvalue weighted by atomic mass is 9.86. The number of nitrogens with zero attached hydrogens (tertiary/aromatic N) is 1. The summed E-state index contributed by atoms with van der Waals surface area (Å²) >= 11 is 14.0. The molecule has 0 saturated carbocycles. The van der Waals surface area contributed by atoms with Crippen LogP contribution in [-0.4, -0.2) is 189 Å². The van der Waals surface area contributed by atoms with E-state index in [1.165, 1.54) is 13.8 Å². The first kappa shape index (κ1) is 74.0. The number of amides is 7. The van der Waals surface area contributed by atoms with E-state index in [9.17, 15) is 80.2 Å². The third-order valence-corrected chi connectivity index (χ3v) is 18.0. The minimum Gasteiger partial charge on any atom is -0.508 e. The molecule has 21 N–H and O–H groups in total. The summed E-state index contributed by atoms with van der Waals surface area (Å²) < 4.78 is 38.2. The maximum absolute atomic E-state index is 16.0. The van der Waals surface area contributed by atoms with E-state index in [0.29, 0.717) is 0 Å². The van der Waals surface area contributed by atoms with E-state index in [4.69, 9.17) is 63.1 Å². The van der Waals surface area contributed by atoms with E-state index < -0.39 is 242 Å². The van der Waals surface area contributed by atoms with Gasteiger partial charge < -0.3 is 128 Å². The van der Waals surface area contributed by atoms with Gasteiger partial charge in [0.25, 0.3) is 5.91 Å². The van der Waals surface area contributed by atoms with Gasteiger partial charge in [0, 0.05) is 41.1 Å². The molecule has 540 valence electrons. The Morgan fingerprint density at radius 3 is 1.91 bits per heavy atom. The van der Waals surface area contributed by atoms with Gasteiger partial charge >= 0.3 is 5.97 Å². The number of aliphatic hydroxyl groups excluding tert-OH is 6. The highest BCUT2D eigenvalue weighted by Gasteiger charge is 2.51. The summed E-state index contributed by atoms with van der Waals surface area (Å²) in [6, 6.07) is -0.344. The Balaban J connectivity index is 1.24. The highest BCUT2D eigenvalue weighted by atomic mass is 35.5. The second-order valence-corrected chi connectivity index (χ2v) is 26.2. The Hall–Kier alpha value is -9.69. The highest BCUT2D eigenvalue weighted by Crippen LogP contribution is 2.50. The normalized spacial score (nSPS) is 29.3. The minimum atomic E-state index is -2.38. The van der Waals surface area contributed by atoms with Crippen molar-refractivity contribution in [3.05, 3.63) is 117 Å². The number of ether oxygens (including phenoxy) is 6. The van der Waals surface area contributed by atoms with Crippen LogP contribution in [-0.2, 0) is 52.6 Å². The number of primary amides is 1. The molecule has 11 bridgehead atoms. The number of carbonyl (C=O) groups excluding carboxylic acids is 7. The zero-order chi connectivity index (χ0) is 73.5. The average Bonchev–Trinajstić information content (AvgIpc) is 0.767. The van der Waals surface area contributed by atoms with Crippen molar-refractivity contribution in [2.75, 3.05) is 6.61 Å². The molecule has 101 heavy (non-hydrogen) atoms. The van der Waals surface area contributed by atoms with Crippen LogP contribution in [0.3, 0.4) is 0 Å². The second-order valence-electron chi connectivity index (χ2n) is 25.4. The van der Waals surface area contributed by atoms with Crippen molar-refractivity contribution < 1.29 is 123 Å². The van der Waals surface area contributed by atoms with Crippen LogP contribution in [0.15, 0.2) is 84.0 Å². The molecule has 2 saturated heterocycles. The number of rotatable bonds is 12. The molecule has 5 aromatic rings. The van der Waals surface area contributed by atoms with Crippen molar-refractivity contribution in [3.63, 3.8) is 0 Å². The van der Waals surface area contributed by atoms with Gasteiger partial charge in [0.1, 0.15) is 95.2 Å². The first-order valence-corrected chi connectivity index (χ1v) is 31.9. The molecular formula is C65H71Cl2N9O25. The highest BCUT2D eigenvalue weighted by molar-refractivity contribution is 6.39. The van der Waals surface area contributed by atoms with Crippen LogP contribution in [0, 0.1) is 5.92 Å². The van der Waals surface area contributed by atoms with Crippen LogP contribution >= 0.6 is 23.2 Å². The number of carbonyl (C=O) groups is 8. The molecule has 5 aromatic carbocycles. The summed E-state index contributed by atoms with van der Waals surface area (Å²) in [5.41, 5.74) is 7.24. The molecule has 0 spiro atoms. The number of nitrogens with one attached hydrogen (secondary N) is 6. The first-order chi connectivity index (χ1) is 47.7. The van der Waals surface area contributed by atoms with Gasteiger partial charge in [-0.25, -0.2) is 4.79 Å². The molecule has 36 heteroatoms. The number of phenols is 3. The number of aromatic hydroxyl groups is 3. The van der Waals surface area contributed by atoms with E-state index in [0.717, 1.165) is 78.9 Å². The number of hydrogen-bond acceptors (Lipinski definition) is 26. The van der Waals surface area contributed by atoms with Crippen LogP contribution in [0.25, 0.3) is 11.1 Å². The van der Waals surface area contributed by atoms with Crippen molar-refractivity contribution in [2.45, 2.75) is 150 Å². The van der Waals surface area contributed by atoms with Crippen molar-refractivity contribution >= 4 is 76.2 Å². The Morgan fingerprint density at radius 1 is 0.723 bits per heavy atom. The van der Waals surface area contributed by atoms with Crippen molar-refractivity contribution in [1.82, 2.24) is 31.9 Å². The SMILES string of the molecule is CC(C)C/C(=N/O)C(=O)N[C@H]1C(=O)N[C@@H](CC(N)=O)C(=O)N[C@H]2C(=O)N[C@H]3C(=O)N[C@H](C(=O)N[C@H](C(=O)O)c4cc(O)cc(O)c4-c4cc3ccc4O)[C@H](O)c3ccc(c(Cl)c3)Oc3cc2cc(c3O[C@@H]2O[C@H](CO)[C@@H](O)[C@H](O)[C@H]2O[C@H]2C[C@](C)(N)[C@H](O)[C@H](C)O2)Oc2ccc(cc2Cl)[C@H]1O. The molecule has 2 fully saturated rings. The van der Waals surface area contributed by atoms with Gasteiger partial charge in [-0.2, -0.15) is 0 Å². The zero-order valence-electron chi connectivity index (χ0n) is 53.6. The molecular weight excluding hydrogens is 1380 g/mol. The fourth-order valence-electron chi connectivity index (χ4n) is 12.2. The molecule has 7 heterocycles. The van der Waals surface area contributed by atoms with Gasteiger partial charge in [-0.3, -0.25) is 33.6 Å². The fourth-order valence-corrected chi connectivity index (χ4v) is 12.7. The maximum atomic E-state index is 16.0. The number of phenolic OH excluding ortho intramolecular Hbond substituents is 3. The number of benzene rings is 5. The number of halogens is 2. The third kappa shape index (κ3) is 15.6. The zero-order valence-corrected chi connectivity index (χ0v) is 55.2. The molecule has 7 aliphatic heterocycles. The van der Waals surface area contributed by atoms with E-state index in [2.05, 4.69) is 37.1 Å². The van der Waals surface area contributed by atoms with Crippen molar-refractivity contribution in [2.24, 2.45) is 22.5 Å². The second kappa shape index (κ2) is 29.9. The van der Waals surface area contributed by atoms with Gasteiger partial charge in [-0.1, -0.05) is 60.4 Å². The Morgan fingerprint density at radius 2 is 1.33 bits per heavy atom. The predicted molar refractivity (Wildman–Crippen MR) is 346 cm³/mol. The molecule has 0 unspecified atom stereocenters. The summed E-state index contributed by atoms with van der Waals surface area (Å²) in [6.45, 7) is 5.32.